The molecule has 0 aromatic rings. The average Bonchev–Trinajstić information content (AvgIpc) is 3.25. The first kappa shape index (κ1) is 26.3. The van der Waals surface area contributed by atoms with Crippen LogP contribution in [-0.2, 0) is 23.8 Å². The molecule has 0 radical (unpaired) electrons. The van der Waals surface area contributed by atoms with Crippen molar-refractivity contribution in [3.05, 3.63) is 0 Å². The molecule has 12 atom stereocenters. The van der Waals surface area contributed by atoms with Crippen molar-refractivity contribution < 1.29 is 23.8 Å². The summed E-state index contributed by atoms with van der Waals surface area (Å²) in [4.78, 5) is 26.3. The number of esters is 1. The molecule has 0 amide bonds. The van der Waals surface area contributed by atoms with Gasteiger partial charge in [-0.1, -0.05) is 59.6 Å². The van der Waals surface area contributed by atoms with Crippen molar-refractivity contribution in [2.75, 3.05) is 6.61 Å². The van der Waals surface area contributed by atoms with Gasteiger partial charge in [-0.15, -0.1) is 0 Å². The van der Waals surface area contributed by atoms with E-state index in [-0.39, 0.29) is 41.3 Å². The van der Waals surface area contributed by atoms with E-state index in [1.165, 1.54) is 6.92 Å². The minimum absolute atomic E-state index is 0.0104. The molecule has 0 N–H and O–H groups in total. The van der Waals surface area contributed by atoms with Crippen LogP contribution in [0, 0.1) is 52.3 Å². The predicted molar refractivity (Wildman–Crippen MR) is 144 cm³/mol. The fraction of sp³-hybridized carbons (Fsp3) is 0.931. The minimum atomic E-state index is -0.746. The normalized spacial score (nSPS) is 55.4. The lowest BCUT2D eigenvalue weighted by atomic mass is 9.44. The summed E-state index contributed by atoms with van der Waals surface area (Å²) in [6.45, 7) is 11.5. The first-order valence-corrected chi connectivity index (χ1v) is 15.8. The number of ketones is 1. The van der Waals surface area contributed by atoms with Crippen LogP contribution in [0.15, 0.2) is 0 Å². The molecule has 12 unspecified atom stereocenters. The van der Waals surface area contributed by atoms with Gasteiger partial charge in [-0.3, -0.25) is 9.59 Å². The Bertz CT molecular complexity index is 944. The Morgan fingerprint density at radius 3 is 2.47 bits per heavy atom. The summed E-state index contributed by atoms with van der Waals surface area (Å²) in [6, 6.07) is 0. The molecule has 36 heavy (non-hydrogen) atoms. The largest absolute Gasteiger partial charge is 0.463 e. The topological polar surface area (TPSA) is 61.8 Å². The molecule has 4 saturated carbocycles. The van der Waals surface area contributed by atoms with Gasteiger partial charge in [0, 0.05) is 30.6 Å². The first-order chi connectivity index (χ1) is 16.8. The molecule has 5 nitrogen and oxygen atoms in total. The molecule has 2 heterocycles. The van der Waals surface area contributed by atoms with Gasteiger partial charge in [-0.2, -0.15) is 0 Å². The Labute approximate surface area is 232 Å². The molecular formula is C29H42Br2O5. The van der Waals surface area contributed by atoms with Crippen LogP contribution in [-0.4, -0.2) is 39.6 Å². The fourth-order valence-corrected chi connectivity index (χ4v) is 13.0. The second-order valence-corrected chi connectivity index (χ2v) is 17.3. The molecule has 6 fully saturated rings. The third-order valence-electron chi connectivity index (χ3n) is 12.0. The van der Waals surface area contributed by atoms with Crippen LogP contribution < -0.4 is 0 Å². The van der Waals surface area contributed by atoms with E-state index in [1.54, 1.807) is 0 Å². The maximum Gasteiger partial charge on any atom is 0.302 e. The summed E-state index contributed by atoms with van der Waals surface area (Å²) in [7, 11) is 0. The molecule has 1 spiro atoms. The second kappa shape index (κ2) is 8.51. The quantitative estimate of drug-likeness (QED) is 0.240. The summed E-state index contributed by atoms with van der Waals surface area (Å²) in [5, 5.41) is 0. The van der Waals surface area contributed by atoms with Crippen LogP contribution in [0.5, 0.6) is 0 Å². The van der Waals surface area contributed by atoms with Crippen molar-refractivity contribution in [1.82, 2.24) is 0 Å². The molecule has 6 rings (SSSR count). The molecule has 0 aromatic heterocycles. The minimum Gasteiger partial charge on any atom is -0.463 e. The number of carbonyl (C=O) groups is 2. The monoisotopic (exact) mass is 628 g/mol. The van der Waals surface area contributed by atoms with Crippen LogP contribution in [0.1, 0.15) is 86.0 Å². The molecule has 2 aliphatic heterocycles. The number of hydrogen-bond acceptors (Lipinski definition) is 5. The number of halogens is 2. The van der Waals surface area contributed by atoms with Gasteiger partial charge >= 0.3 is 5.97 Å². The smallest absolute Gasteiger partial charge is 0.302 e. The number of ether oxygens (including phenoxy) is 3. The zero-order chi connectivity index (χ0) is 25.8. The molecule has 202 valence electrons. The zero-order valence-electron chi connectivity index (χ0n) is 22.4. The third kappa shape index (κ3) is 3.43. The van der Waals surface area contributed by atoms with E-state index in [0.717, 1.165) is 58.0 Å². The molecular weight excluding hydrogens is 588 g/mol. The first-order valence-electron chi connectivity index (χ1n) is 14.3. The summed E-state index contributed by atoms with van der Waals surface area (Å²) in [5.41, 5.74) is -0.413. The predicted octanol–water partition coefficient (Wildman–Crippen LogP) is 6.64. The van der Waals surface area contributed by atoms with E-state index in [2.05, 4.69) is 59.6 Å². The standard InChI is InChI=1S/C29H42Br2O5/c1-15-8-11-28(34-14-15)16(2)23-22(36-28)13-21-20-7-6-18-12-19(35-17(3)32)9-10-26(18,4)24(20)29(30,31)25(33)27(21,23)5/h15-16,18-24H,6-14H2,1-5H3. The Morgan fingerprint density at radius 1 is 1.06 bits per heavy atom. The van der Waals surface area contributed by atoms with Gasteiger partial charge in [0.2, 0.25) is 0 Å². The highest BCUT2D eigenvalue weighted by Crippen LogP contribution is 2.74. The van der Waals surface area contributed by atoms with E-state index in [0.29, 0.717) is 29.5 Å². The second-order valence-electron chi connectivity index (χ2n) is 13.7. The van der Waals surface area contributed by atoms with Gasteiger partial charge in [-0.05, 0) is 80.0 Å². The number of fused-ring (bicyclic) bond motifs is 7. The van der Waals surface area contributed by atoms with Gasteiger partial charge in [0.05, 0.1) is 12.7 Å². The van der Waals surface area contributed by atoms with Crippen LogP contribution in [0.3, 0.4) is 0 Å². The van der Waals surface area contributed by atoms with Crippen molar-refractivity contribution in [3.8, 4) is 0 Å². The van der Waals surface area contributed by atoms with E-state index in [4.69, 9.17) is 14.2 Å². The summed E-state index contributed by atoms with van der Waals surface area (Å²) in [5.74, 6) is 2.03. The molecule has 6 aliphatic rings. The number of alkyl halides is 2. The molecule has 2 saturated heterocycles. The lowest BCUT2D eigenvalue weighted by Crippen LogP contribution is -2.66. The molecule has 0 aromatic carbocycles. The maximum atomic E-state index is 14.7. The third-order valence-corrected chi connectivity index (χ3v) is 13.7. The number of rotatable bonds is 1. The van der Waals surface area contributed by atoms with Crippen LogP contribution in [0.25, 0.3) is 0 Å². The van der Waals surface area contributed by atoms with Crippen LogP contribution in [0.4, 0.5) is 0 Å². The summed E-state index contributed by atoms with van der Waals surface area (Å²) < 4.78 is 18.2. The Morgan fingerprint density at radius 2 is 1.81 bits per heavy atom. The molecule has 7 heteroatoms. The highest BCUT2D eigenvalue weighted by molar-refractivity contribution is 9.26. The van der Waals surface area contributed by atoms with E-state index >= 15 is 0 Å². The van der Waals surface area contributed by atoms with Crippen LogP contribution in [0.2, 0.25) is 0 Å². The zero-order valence-corrected chi connectivity index (χ0v) is 25.5. The number of hydrogen-bond donors (Lipinski definition) is 0. The lowest BCUT2D eigenvalue weighted by molar-refractivity contribution is -0.272. The summed E-state index contributed by atoms with van der Waals surface area (Å²) in [6.07, 6.45) is 8.16. The van der Waals surface area contributed by atoms with Crippen molar-refractivity contribution in [2.45, 2.75) is 107 Å². The SMILES string of the molecule is CC(=O)OC1CCC2(C)C(CCC3C2C(Br)(Br)C(=O)C2(C)C3CC3OC4(CCC(C)CO4)C(C)C32)C1. The van der Waals surface area contributed by atoms with Crippen molar-refractivity contribution in [2.24, 2.45) is 52.3 Å². The number of carbonyl (C=O) groups excluding carboxylic acids is 2. The summed E-state index contributed by atoms with van der Waals surface area (Å²) >= 11 is 8.09. The fourth-order valence-electron chi connectivity index (χ4n) is 10.4. The van der Waals surface area contributed by atoms with Gasteiger partial charge in [0.25, 0.3) is 0 Å². The van der Waals surface area contributed by atoms with Crippen LogP contribution >= 0.6 is 31.9 Å². The average molecular weight is 630 g/mol. The van der Waals surface area contributed by atoms with Gasteiger partial charge in [-0.25, -0.2) is 0 Å². The van der Waals surface area contributed by atoms with E-state index in [9.17, 15) is 9.59 Å². The maximum absolute atomic E-state index is 14.7. The highest BCUT2D eigenvalue weighted by Gasteiger charge is 2.76. The molecule has 4 aliphatic carbocycles. The van der Waals surface area contributed by atoms with Gasteiger partial charge in [0.1, 0.15) is 9.34 Å². The Kier molecular flexibility index (Phi) is 6.20. The van der Waals surface area contributed by atoms with E-state index < -0.39 is 14.4 Å². The van der Waals surface area contributed by atoms with Crippen molar-refractivity contribution in [3.63, 3.8) is 0 Å². The van der Waals surface area contributed by atoms with E-state index in [1.807, 2.05) is 0 Å². The highest BCUT2D eigenvalue weighted by atomic mass is 79.9. The van der Waals surface area contributed by atoms with Crippen molar-refractivity contribution in [1.29, 1.82) is 0 Å². The van der Waals surface area contributed by atoms with Gasteiger partial charge < -0.3 is 14.2 Å². The lowest BCUT2D eigenvalue weighted by Gasteiger charge is -2.64. The Balaban J connectivity index is 1.32. The van der Waals surface area contributed by atoms with Gasteiger partial charge in [0.15, 0.2) is 11.6 Å². The number of Topliss-reactive ketones (excluding diaryl/α,β-unsaturated/α-hetero) is 1. The Hall–Kier alpha value is 0.0200. The molecule has 0 bridgehead atoms. The van der Waals surface area contributed by atoms with Crippen molar-refractivity contribution >= 4 is 43.6 Å².